The first-order valence-corrected chi connectivity index (χ1v) is 11.1. The van der Waals surface area contributed by atoms with Crippen LogP contribution in [0.15, 0.2) is 59.1 Å². The first-order chi connectivity index (χ1) is 16.4. The number of para-hydroxylation sites is 2. The first-order valence-electron chi connectivity index (χ1n) is 11.1. The van der Waals surface area contributed by atoms with Crippen molar-refractivity contribution in [3.8, 4) is 0 Å². The molecule has 0 unspecified atom stereocenters. The molecule has 0 atom stereocenters. The summed E-state index contributed by atoms with van der Waals surface area (Å²) in [4.78, 5) is 41.2. The van der Waals surface area contributed by atoms with E-state index in [-0.39, 0.29) is 30.9 Å². The minimum absolute atomic E-state index is 0.128. The van der Waals surface area contributed by atoms with Crippen LogP contribution in [0, 0.1) is 13.8 Å². The number of aromatic nitrogens is 1. The van der Waals surface area contributed by atoms with Crippen LogP contribution >= 0.6 is 0 Å². The Hall–Kier alpha value is -4.14. The summed E-state index contributed by atoms with van der Waals surface area (Å²) >= 11 is 0. The zero-order valence-electron chi connectivity index (χ0n) is 19.2. The molecule has 3 aromatic rings. The van der Waals surface area contributed by atoms with Crippen LogP contribution in [0.4, 0.5) is 16.2 Å². The largest absolute Gasteiger partial charge is 0.361 e. The van der Waals surface area contributed by atoms with Gasteiger partial charge in [-0.15, -0.1) is 0 Å². The van der Waals surface area contributed by atoms with E-state index in [9.17, 15) is 14.4 Å². The number of benzene rings is 2. The van der Waals surface area contributed by atoms with Crippen molar-refractivity contribution >= 4 is 29.2 Å². The maximum absolute atomic E-state index is 12.9. The average molecular weight is 462 g/mol. The molecule has 1 aliphatic rings. The molecule has 0 saturated carbocycles. The Morgan fingerprint density at radius 1 is 1.00 bits per heavy atom. The van der Waals surface area contributed by atoms with Crippen molar-refractivity contribution in [1.29, 1.82) is 0 Å². The number of hydrogen-bond donors (Lipinski definition) is 2. The lowest BCUT2D eigenvalue weighted by Crippen LogP contribution is -2.53. The lowest BCUT2D eigenvalue weighted by Gasteiger charge is -2.35. The van der Waals surface area contributed by atoms with Crippen LogP contribution < -0.4 is 20.4 Å². The number of fused-ring (bicyclic) bond motifs is 1. The van der Waals surface area contributed by atoms with Gasteiger partial charge in [0.25, 0.3) is 0 Å². The second-order valence-electron chi connectivity index (χ2n) is 8.10. The van der Waals surface area contributed by atoms with Crippen molar-refractivity contribution in [3.63, 3.8) is 0 Å². The number of rotatable bonds is 7. The molecule has 4 amide bonds. The molecule has 9 nitrogen and oxygen atoms in total. The first kappa shape index (κ1) is 23.0. The van der Waals surface area contributed by atoms with E-state index in [1.165, 1.54) is 9.80 Å². The summed E-state index contributed by atoms with van der Waals surface area (Å²) in [6, 6.07) is 16.3. The minimum atomic E-state index is -0.367. The van der Waals surface area contributed by atoms with E-state index in [0.29, 0.717) is 30.9 Å². The zero-order valence-corrected chi connectivity index (χ0v) is 19.2. The summed E-state index contributed by atoms with van der Waals surface area (Å²) in [6.07, 6.45) is 0.590. The molecule has 2 aromatic carbocycles. The molecule has 0 fully saturated rings. The number of nitrogens with one attached hydrogen (secondary N) is 2. The Bertz CT molecular complexity index is 1170. The van der Waals surface area contributed by atoms with Crippen LogP contribution in [0.3, 0.4) is 0 Å². The second kappa shape index (κ2) is 10.2. The van der Waals surface area contributed by atoms with Gasteiger partial charge in [0.15, 0.2) is 0 Å². The van der Waals surface area contributed by atoms with Gasteiger partial charge in [-0.2, -0.15) is 0 Å². The van der Waals surface area contributed by atoms with Gasteiger partial charge < -0.3 is 15.2 Å². The van der Waals surface area contributed by atoms with Crippen molar-refractivity contribution in [2.24, 2.45) is 0 Å². The van der Waals surface area contributed by atoms with Crippen LogP contribution in [0.2, 0.25) is 0 Å². The van der Waals surface area contributed by atoms with Crippen molar-refractivity contribution in [3.05, 3.63) is 77.2 Å². The molecule has 0 saturated heterocycles. The lowest BCUT2D eigenvalue weighted by atomic mass is 10.1. The summed E-state index contributed by atoms with van der Waals surface area (Å²) in [5.74, 6) is 0.129. The number of anilines is 2. The Labute approximate surface area is 197 Å². The van der Waals surface area contributed by atoms with Crippen LogP contribution in [-0.2, 0) is 22.6 Å². The number of nitrogens with zero attached hydrogens (tertiary/aromatic N) is 3. The van der Waals surface area contributed by atoms with E-state index in [4.69, 9.17) is 4.52 Å². The third-order valence-corrected chi connectivity index (χ3v) is 5.77. The molecule has 0 aliphatic carbocycles. The number of amides is 4. The molecule has 1 aliphatic heterocycles. The Balaban J connectivity index is 1.39. The average Bonchev–Trinajstić information content (AvgIpc) is 3.17. The molecular formula is C25H27N5O4. The van der Waals surface area contributed by atoms with Crippen LogP contribution in [0.1, 0.15) is 22.6 Å². The van der Waals surface area contributed by atoms with Gasteiger partial charge in [0.1, 0.15) is 18.8 Å². The van der Waals surface area contributed by atoms with Crippen LogP contribution in [-0.4, -0.2) is 42.6 Å². The predicted octanol–water partition coefficient (Wildman–Crippen LogP) is 2.71. The molecule has 176 valence electrons. The number of hydrogen-bond acceptors (Lipinski definition) is 5. The predicted molar refractivity (Wildman–Crippen MR) is 128 cm³/mol. The maximum atomic E-state index is 12.9. The van der Waals surface area contributed by atoms with Crippen molar-refractivity contribution in [2.75, 3.05) is 29.4 Å². The summed E-state index contributed by atoms with van der Waals surface area (Å²) in [5.41, 5.74) is 3.84. The zero-order chi connectivity index (χ0) is 24.1. The summed E-state index contributed by atoms with van der Waals surface area (Å²) < 4.78 is 5.15. The van der Waals surface area contributed by atoms with Gasteiger partial charge in [0.05, 0.1) is 17.1 Å². The third-order valence-electron chi connectivity index (χ3n) is 5.77. The highest BCUT2D eigenvalue weighted by atomic mass is 16.5. The van der Waals surface area contributed by atoms with Gasteiger partial charge in [-0.25, -0.2) is 4.79 Å². The smallest absolute Gasteiger partial charge is 0.322 e. The fourth-order valence-corrected chi connectivity index (χ4v) is 3.97. The fourth-order valence-electron chi connectivity index (χ4n) is 3.97. The summed E-state index contributed by atoms with van der Waals surface area (Å²) in [7, 11) is 0. The standard InChI is InChI=1S/C25H27N5O4/c1-17-20(18(2)34-28-17)12-13-26-23(31)15-29-21-10-6-7-11-22(21)30(16-24(29)32)25(33)27-14-19-8-4-3-5-9-19/h3-11H,12-16H2,1-2H3,(H,26,31)(H,27,33). The molecule has 2 N–H and O–H groups in total. The van der Waals surface area contributed by atoms with E-state index >= 15 is 0 Å². The van der Waals surface area contributed by atoms with E-state index in [2.05, 4.69) is 15.8 Å². The van der Waals surface area contributed by atoms with Crippen molar-refractivity contribution < 1.29 is 18.9 Å². The molecule has 34 heavy (non-hydrogen) atoms. The molecule has 0 bridgehead atoms. The Morgan fingerprint density at radius 2 is 1.71 bits per heavy atom. The maximum Gasteiger partial charge on any atom is 0.322 e. The van der Waals surface area contributed by atoms with Gasteiger partial charge >= 0.3 is 6.03 Å². The molecule has 1 aromatic heterocycles. The number of aryl methyl sites for hydroxylation is 2. The highest BCUT2D eigenvalue weighted by Crippen LogP contribution is 2.33. The molecule has 9 heteroatoms. The number of carbonyl (C=O) groups excluding carboxylic acids is 3. The van der Waals surface area contributed by atoms with Gasteiger partial charge in [-0.3, -0.25) is 19.4 Å². The lowest BCUT2D eigenvalue weighted by molar-refractivity contribution is -0.123. The molecule has 0 radical (unpaired) electrons. The normalized spacial score (nSPS) is 12.9. The van der Waals surface area contributed by atoms with E-state index in [0.717, 1.165) is 22.6 Å². The topological polar surface area (TPSA) is 108 Å². The number of urea groups is 1. The molecule has 2 heterocycles. The van der Waals surface area contributed by atoms with Gasteiger partial charge in [0.2, 0.25) is 11.8 Å². The van der Waals surface area contributed by atoms with Gasteiger partial charge in [-0.05, 0) is 38.0 Å². The van der Waals surface area contributed by atoms with E-state index in [1.54, 1.807) is 24.3 Å². The summed E-state index contributed by atoms with van der Waals surface area (Å²) in [6.45, 7) is 4.17. The molecule has 4 rings (SSSR count). The molecular weight excluding hydrogens is 434 g/mol. The van der Waals surface area contributed by atoms with Gasteiger partial charge in [0, 0.05) is 18.7 Å². The van der Waals surface area contributed by atoms with E-state index in [1.807, 2.05) is 44.2 Å². The highest BCUT2D eigenvalue weighted by Gasteiger charge is 2.33. The SMILES string of the molecule is Cc1noc(C)c1CCNC(=O)CN1C(=O)CN(C(=O)NCc2ccccc2)c2ccccc21. The van der Waals surface area contributed by atoms with Crippen molar-refractivity contribution in [1.82, 2.24) is 15.8 Å². The van der Waals surface area contributed by atoms with Gasteiger partial charge in [-0.1, -0.05) is 47.6 Å². The third kappa shape index (κ3) is 5.09. The number of carbonyl (C=O) groups is 3. The Morgan fingerprint density at radius 3 is 2.41 bits per heavy atom. The Kier molecular flexibility index (Phi) is 6.91. The monoisotopic (exact) mass is 461 g/mol. The van der Waals surface area contributed by atoms with Crippen LogP contribution in [0.25, 0.3) is 0 Å². The highest BCUT2D eigenvalue weighted by molar-refractivity contribution is 6.12. The summed E-state index contributed by atoms with van der Waals surface area (Å²) in [5, 5.41) is 9.63. The minimum Gasteiger partial charge on any atom is -0.361 e. The molecule has 0 spiro atoms. The van der Waals surface area contributed by atoms with Crippen molar-refractivity contribution in [2.45, 2.75) is 26.8 Å². The quantitative estimate of drug-likeness (QED) is 0.563. The second-order valence-corrected chi connectivity index (χ2v) is 8.10. The van der Waals surface area contributed by atoms with Crippen LogP contribution in [0.5, 0.6) is 0 Å². The fraction of sp³-hybridized carbons (Fsp3) is 0.280. The van der Waals surface area contributed by atoms with E-state index < -0.39 is 0 Å².